The standard InChI is InChI=1S/C15H21N3/c1-3-14-11-15(18(2)17-14)12-16-10-9-13-7-5-4-6-8-13/h4-8,11,16H,3,9-10,12H2,1-2H3. The molecule has 0 aliphatic heterocycles. The van der Waals surface area contributed by atoms with Gasteiger partial charge in [-0.15, -0.1) is 0 Å². The minimum Gasteiger partial charge on any atom is -0.311 e. The van der Waals surface area contributed by atoms with Crippen molar-refractivity contribution in [2.45, 2.75) is 26.3 Å². The molecule has 0 spiro atoms. The molecule has 96 valence electrons. The highest BCUT2D eigenvalue weighted by Gasteiger charge is 2.02. The molecule has 0 aliphatic carbocycles. The number of aryl methyl sites for hydroxylation is 2. The van der Waals surface area contributed by atoms with Crippen LogP contribution in [-0.2, 0) is 26.4 Å². The van der Waals surface area contributed by atoms with Crippen molar-refractivity contribution in [1.82, 2.24) is 15.1 Å². The van der Waals surface area contributed by atoms with Crippen LogP contribution in [0.4, 0.5) is 0 Å². The molecule has 1 N–H and O–H groups in total. The van der Waals surface area contributed by atoms with Gasteiger partial charge in [0.25, 0.3) is 0 Å². The minimum absolute atomic E-state index is 0.885. The molecule has 2 rings (SSSR count). The Morgan fingerprint density at radius 2 is 2.00 bits per heavy atom. The van der Waals surface area contributed by atoms with E-state index in [1.165, 1.54) is 11.3 Å². The Morgan fingerprint density at radius 1 is 1.22 bits per heavy atom. The largest absolute Gasteiger partial charge is 0.311 e. The minimum atomic E-state index is 0.885. The molecule has 3 nitrogen and oxygen atoms in total. The lowest BCUT2D eigenvalue weighted by Crippen LogP contribution is -2.18. The van der Waals surface area contributed by atoms with E-state index in [0.717, 1.165) is 31.6 Å². The normalized spacial score (nSPS) is 10.8. The van der Waals surface area contributed by atoms with Crippen molar-refractivity contribution in [2.24, 2.45) is 7.05 Å². The van der Waals surface area contributed by atoms with Crippen LogP contribution in [0.2, 0.25) is 0 Å². The second-order valence-corrected chi connectivity index (χ2v) is 4.52. The summed E-state index contributed by atoms with van der Waals surface area (Å²) in [7, 11) is 2.01. The van der Waals surface area contributed by atoms with Crippen LogP contribution in [0.1, 0.15) is 23.9 Å². The summed E-state index contributed by atoms with van der Waals surface area (Å²) >= 11 is 0. The summed E-state index contributed by atoms with van der Waals surface area (Å²) < 4.78 is 1.97. The zero-order valence-corrected chi connectivity index (χ0v) is 11.2. The van der Waals surface area contributed by atoms with Gasteiger partial charge in [0.15, 0.2) is 0 Å². The maximum Gasteiger partial charge on any atom is 0.0625 e. The first-order valence-corrected chi connectivity index (χ1v) is 6.56. The smallest absolute Gasteiger partial charge is 0.0625 e. The summed E-state index contributed by atoms with van der Waals surface area (Å²) in [5.74, 6) is 0. The number of nitrogens with one attached hydrogen (secondary N) is 1. The van der Waals surface area contributed by atoms with Gasteiger partial charge in [-0.25, -0.2) is 0 Å². The van der Waals surface area contributed by atoms with Crippen molar-refractivity contribution in [2.75, 3.05) is 6.54 Å². The third-order valence-corrected chi connectivity index (χ3v) is 3.13. The van der Waals surface area contributed by atoms with Crippen molar-refractivity contribution in [3.63, 3.8) is 0 Å². The van der Waals surface area contributed by atoms with Crippen molar-refractivity contribution < 1.29 is 0 Å². The summed E-state index contributed by atoms with van der Waals surface area (Å²) in [6.07, 6.45) is 2.07. The molecule has 1 aromatic heterocycles. The predicted molar refractivity (Wildman–Crippen MR) is 74.4 cm³/mol. The summed E-state index contributed by atoms with van der Waals surface area (Å²) in [6, 6.07) is 12.7. The fraction of sp³-hybridized carbons (Fsp3) is 0.400. The fourth-order valence-corrected chi connectivity index (χ4v) is 2.00. The molecule has 0 atom stereocenters. The van der Waals surface area contributed by atoms with Gasteiger partial charge in [0.05, 0.1) is 11.4 Å². The molecule has 0 saturated carbocycles. The lowest BCUT2D eigenvalue weighted by atomic mass is 10.1. The van der Waals surface area contributed by atoms with E-state index in [1.54, 1.807) is 0 Å². The first-order valence-electron chi connectivity index (χ1n) is 6.56. The molecule has 0 unspecified atom stereocenters. The van der Waals surface area contributed by atoms with Gasteiger partial charge in [-0.2, -0.15) is 5.10 Å². The Kier molecular flexibility index (Phi) is 4.53. The molecule has 0 saturated heterocycles. The number of rotatable bonds is 6. The highest BCUT2D eigenvalue weighted by Crippen LogP contribution is 2.03. The Bertz CT molecular complexity index is 474. The van der Waals surface area contributed by atoms with Crippen LogP contribution < -0.4 is 5.32 Å². The summed E-state index contributed by atoms with van der Waals surface area (Å²) in [5.41, 5.74) is 3.79. The Hall–Kier alpha value is -1.61. The predicted octanol–water partition coefficient (Wildman–Crippen LogP) is 2.31. The van der Waals surface area contributed by atoms with Gasteiger partial charge in [-0.1, -0.05) is 37.3 Å². The van der Waals surface area contributed by atoms with Crippen LogP contribution in [-0.4, -0.2) is 16.3 Å². The maximum absolute atomic E-state index is 4.44. The maximum atomic E-state index is 4.44. The quantitative estimate of drug-likeness (QED) is 0.789. The second-order valence-electron chi connectivity index (χ2n) is 4.52. The summed E-state index contributed by atoms with van der Waals surface area (Å²) in [6.45, 7) is 4.02. The molecule has 0 amide bonds. The number of hydrogen-bond acceptors (Lipinski definition) is 2. The van der Waals surface area contributed by atoms with Crippen molar-refractivity contribution in [3.8, 4) is 0 Å². The zero-order valence-electron chi connectivity index (χ0n) is 11.2. The van der Waals surface area contributed by atoms with Crippen LogP contribution in [0.5, 0.6) is 0 Å². The van der Waals surface area contributed by atoms with Crippen LogP contribution in [0.25, 0.3) is 0 Å². The van der Waals surface area contributed by atoms with Gasteiger partial charge < -0.3 is 5.32 Å². The highest BCUT2D eigenvalue weighted by atomic mass is 15.3. The molecule has 1 heterocycles. The van der Waals surface area contributed by atoms with Gasteiger partial charge in [0, 0.05) is 13.6 Å². The fourth-order valence-electron chi connectivity index (χ4n) is 2.00. The molecule has 18 heavy (non-hydrogen) atoms. The second kappa shape index (κ2) is 6.36. The molecule has 0 aliphatic rings. The molecule has 0 bridgehead atoms. The Balaban J connectivity index is 1.76. The van der Waals surface area contributed by atoms with Crippen molar-refractivity contribution in [3.05, 3.63) is 53.3 Å². The van der Waals surface area contributed by atoms with Crippen LogP contribution in [0.3, 0.4) is 0 Å². The lowest BCUT2D eigenvalue weighted by Gasteiger charge is -2.05. The molecule has 0 radical (unpaired) electrons. The highest BCUT2D eigenvalue weighted by molar-refractivity contribution is 5.15. The Morgan fingerprint density at radius 3 is 2.67 bits per heavy atom. The van der Waals surface area contributed by atoms with Gasteiger partial charge in [-0.3, -0.25) is 4.68 Å². The van der Waals surface area contributed by atoms with Gasteiger partial charge in [0.1, 0.15) is 0 Å². The number of benzene rings is 1. The van der Waals surface area contributed by atoms with Crippen molar-refractivity contribution >= 4 is 0 Å². The molecular weight excluding hydrogens is 222 g/mol. The van der Waals surface area contributed by atoms with E-state index in [0.29, 0.717) is 0 Å². The van der Waals surface area contributed by atoms with E-state index in [2.05, 4.69) is 53.7 Å². The Labute approximate surface area is 109 Å². The van der Waals surface area contributed by atoms with Gasteiger partial charge in [-0.05, 0) is 31.0 Å². The summed E-state index contributed by atoms with van der Waals surface area (Å²) in [5, 5.41) is 7.91. The molecule has 1 aromatic carbocycles. The third kappa shape index (κ3) is 3.44. The third-order valence-electron chi connectivity index (χ3n) is 3.13. The average Bonchev–Trinajstić information content (AvgIpc) is 2.77. The monoisotopic (exact) mass is 243 g/mol. The number of nitrogens with zero attached hydrogens (tertiary/aromatic N) is 2. The van der Waals surface area contributed by atoms with E-state index in [1.807, 2.05) is 11.7 Å². The van der Waals surface area contributed by atoms with E-state index in [-0.39, 0.29) is 0 Å². The first-order chi connectivity index (χ1) is 8.79. The number of aromatic nitrogens is 2. The van der Waals surface area contributed by atoms with E-state index < -0.39 is 0 Å². The summed E-state index contributed by atoms with van der Waals surface area (Å²) in [4.78, 5) is 0. The van der Waals surface area contributed by atoms with E-state index >= 15 is 0 Å². The van der Waals surface area contributed by atoms with Crippen LogP contribution in [0, 0.1) is 0 Å². The van der Waals surface area contributed by atoms with Gasteiger partial charge in [0.2, 0.25) is 0 Å². The first kappa shape index (κ1) is 12.8. The van der Waals surface area contributed by atoms with Crippen LogP contribution in [0.15, 0.2) is 36.4 Å². The SMILES string of the molecule is CCc1cc(CNCCc2ccccc2)n(C)n1. The van der Waals surface area contributed by atoms with E-state index in [9.17, 15) is 0 Å². The van der Waals surface area contributed by atoms with Crippen molar-refractivity contribution in [1.29, 1.82) is 0 Å². The molecule has 0 fully saturated rings. The molecular formula is C15H21N3. The van der Waals surface area contributed by atoms with Crippen LogP contribution >= 0.6 is 0 Å². The topological polar surface area (TPSA) is 29.9 Å². The molecule has 3 heteroatoms. The van der Waals surface area contributed by atoms with Gasteiger partial charge >= 0.3 is 0 Å². The average molecular weight is 243 g/mol. The zero-order chi connectivity index (χ0) is 12.8. The lowest BCUT2D eigenvalue weighted by molar-refractivity contribution is 0.623. The number of hydrogen-bond donors (Lipinski definition) is 1. The molecule has 2 aromatic rings. The van der Waals surface area contributed by atoms with E-state index in [4.69, 9.17) is 0 Å².